The van der Waals surface area contributed by atoms with Gasteiger partial charge in [0.2, 0.25) is 5.91 Å². The predicted molar refractivity (Wildman–Crippen MR) is 236 cm³/mol. The molecule has 2 amide bonds. The number of amides is 2. The van der Waals surface area contributed by atoms with Gasteiger partial charge < -0.3 is 19.1 Å². The molecule has 16 heteroatoms. The standard InChI is InChI=1S/C48H48FN9O6/c1-26-20-35(21-27(2)42(26)49)58-43(56-17-16-55(47(56)62)34-8-10-37-32(23-34)7-11-40(59)53(37)5)41-29(4)54(15-12-36(41)51-58)44(60)39-24-33-22-31(30-13-18-63-19-14-30)6-9-38(33)57(39)48(25-28(48)3)45-50-46(61)64-52-45/h6,8-10,16-17,20-24,28-30H,7,11-15,18-19,25H2,1-5H3,(H,50,52,61)/t28-,29-,48-/m0/s1. The van der Waals surface area contributed by atoms with Crippen molar-refractivity contribution in [3.05, 3.63) is 139 Å². The van der Waals surface area contributed by atoms with Crippen LogP contribution in [-0.2, 0) is 27.9 Å². The van der Waals surface area contributed by atoms with Gasteiger partial charge in [-0.3, -0.25) is 28.2 Å². The molecular formula is C48H48FN9O6. The van der Waals surface area contributed by atoms with E-state index in [1.165, 1.54) is 5.56 Å². The van der Waals surface area contributed by atoms with Gasteiger partial charge in [0, 0.05) is 74.2 Å². The van der Waals surface area contributed by atoms with Crippen LogP contribution >= 0.6 is 0 Å². The highest BCUT2D eigenvalue weighted by molar-refractivity contribution is 6.00. The van der Waals surface area contributed by atoms with E-state index in [0.29, 0.717) is 96.8 Å². The van der Waals surface area contributed by atoms with E-state index in [1.54, 1.807) is 64.1 Å². The molecule has 15 nitrogen and oxygen atoms in total. The van der Waals surface area contributed by atoms with Gasteiger partial charge in [-0.2, -0.15) is 5.10 Å². The minimum atomic E-state index is -0.824. The second-order valence-electron chi connectivity index (χ2n) is 18.0. The fourth-order valence-electron chi connectivity index (χ4n) is 10.7. The van der Waals surface area contributed by atoms with E-state index in [0.717, 1.165) is 40.7 Å². The van der Waals surface area contributed by atoms with Gasteiger partial charge in [-0.15, -0.1) is 0 Å². The highest BCUT2D eigenvalue weighted by Gasteiger charge is 2.59. The molecule has 64 heavy (non-hydrogen) atoms. The fourth-order valence-corrected chi connectivity index (χ4v) is 10.7. The Hall–Kier alpha value is -6.81. The number of nitrogens with zero attached hydrogens (tertiary/aromatic N) is 8. The summed E-state index contributed by atoms with van der Waals surface area (Å²) in [7, 11) is 1.76. The highest BCUT2D eigenvalue weighted by Crippen LogP contribution is 2.56. The highest BCUT2D eigenvalue weighted by atomic mass is 19.1. The molecule has 7 aromatic rings. The van der Waals surface area contributed by atoms with Gasteiger partial charge in [-0.25, -0.2) is 18.7 Å². The molecule has 3 aliphatic heterocycles. The van der Waals surface area contributed by atoms with Crippen LogP contribution in [0.15, 0.2) is 81.1 Å². The first-order valence-electron chi connectivity index (χ1n) is 22.0. The molecule has 7 heterocycles. The van der Waals surface area contributed by atoms with Crippen molar-refractivity contribution in [1.29, 1.82) is 0 Å². The molecule has 1 aliphatic carbocycles. The number of carbonyl (C=O) groups is 2. The molecule has 0 bridgehead atoms. The zero-order valence-electron chi connectivity index (χ0n) is 36.4. The van der Waals surface area contributed by atoms with E-state index in [4.69, 9.17) is 14.4 Å². The topological polar surface area (TPSA) is 158 Å². The molecule has 11 rings (SSSR count). The first-order chi connectivity index (χ1) is 30.8. The summed E-state index contributed by atoms with van der Waals surface area (Å²) in [6, 6.07) is 16.9. The summed E-state index contributed by atoms with van der Waals surface area (Å²) in [6.45, 7) is 9.18. The number of carbonyl (C=O) groups excluding carboxylic acids is 2. The largest absolute Gasteiger partial charge is 0.438 e. The van der Waals surface area contributed by atoms with Crippen LogP contribution in [0.3, 0.4) is 0 Å². The van der Waals surface area contributed by atoms with E-state index < -0.39 is 17.3 Å². The Bertz CT molecular complexity index is 3170. The van der Waals surface area contributed by atoms with Crippen LogP contribution in [0, 0.1) is 25.6 Å². The number of H-pyrrole nitrogens is 1. The number of aromatic nitrogens is 7. The zero-order valence-corrected chi connectivity index (χ0v) is 36.4. The van der Waals surface area contributed by atoms with Crippen LogP contribution in [0.5, 0.6) is 0 Å². The van der Waals surface area contributed by atoms with Gasteiger partial charge in [0.25, 0.3) is 5.91 Å². The van der Waals surface area contributed by atoms with Crippen LogP contribution in [0.4, 0.5) is 10.1 Å². The second kappa shape index (κ2) is 14.6. The summed E-state index contributed by atoms with van der Waals surface area (Å²) >= 11 is 0. The summed E-state index contributed by atoms with van der Waals surface area (Å²) in [5.41, 5.74) is 6.61. The SMILES string of the molecule is Cc1cc(-n2nc3c(c2-n2ccn(-c4ccc5c(c4)CCC(=O)N5C)c2=O)[C@H](C)N(C(=O)c2cc4cc(C5CCOCC5)ccc4n2[C@@]2(c4noc(=O)[nH]4)C[C@@H]2C)CC3)cc(C)c1F. The van der Waals surface area contributed by atoms with Crippen LogP contribution in [0.25, 0.3) is 28.1 Å². The minimum absolute atomic E-state index is 0.0258. The van der Waals surface area contributed by atoms with E-state index in [-0.39, 0.29) is 29.2 Å². The van der Waals surface area contributed by atoms with Gasteiger partial charge in [0.05, 0.1) is 23.1 Å². The lowest BCUT2D eigenvalue weighted by Gasteiger charge is -2.34. The molecule has 0 unspecified atom stereocenters. The number of aromatic amines is 1. The number of benzene rings is 3. The maximum absolute atomic E-state index is 15.5. The van der Waals surface area contributed by atoms with Gasteiger partial charge in [-0.05, 0) is 129 Å². The van der Waals surface area contributed by atoms with Crippen molar-refractivity contribution < 1.29 is 23.2 Å². The average molecular weight is 866 g/mol. The number of ether oxygens (including phenoxy) is 1. The number of rotatable bonds is 7. The molecule has 4 aliphatic rings. The number of halogens is 1. The van der Waals surface area contributed by atoms with E-state index >= 15 is 9.18 Å². The third-order valence-corrected chi connectivity index (χ3v) is 14.3. The van der Waals surface area contributed by atoms with Crippen molar-refractivity contribution in [1.82, 2.24) is 38.5 Å². The number of imidazole rings is 1. The Kier molecular flexibility index (Phi) is 9.14. The molecule has 1 N–H and O–H groups in total. The lowest BCUT2D eigenvalue weighted by atomic mass is 9.91. The summed E-state index contributed by atoms with van der Waals surface area (Å²) in [4.78, 5) is 61.4. The lowest BCUT2D eigenvalue weighted by Crippen LogP contribution is -2.41. The monoisotopic (exact) mass is 865 g/mol. The molecule has 0 radical (unpaired) electrons. The maximum atomic E-state index is 15.5. The molecule has 3 aromatic carbocycles. The van der Waals surface area contributed by atoms with Crippen molar-refractivity contribution in [2.75, 3.05) is 31.7 Å². The van der Waals surface area contributed by atoms with Crippen molar-refractivity contribution in [2.24, 2.45) is 5.92 Å². The van der Waals surface area contributed by atoms with Gasteiger partial charge in [-0.1, -0.05) is 18.1 Å². The summed E-state index contributed by atoms with van der Waals surface area (Å²) < 4.78 is 32.7. The van der Waals surface area contributed by atoms with Crippen molar-refractivity contribution in [3.63, 3.8) is 0 Å². The molecular weight excluding hydrogens is 818 g/mol. The van der Waals surface area contributed by atoms with Crippen molar-refractivity contribution in [3.8, 4) is 17.2 Å². The smallest absolute Gasteiger partial charge is 0.381 e. The molecule has 0 spiro atoms. The Morgan fingerprint density at radius 2 is 1.66 bits per heavy atom. The third kappa shape index (κ3) is 6.01. The summed E-state index contributed by atoms with van der Waals surface area (Å²) in [6.07, 6.45) is 7.22. The number of anilines is 1. The van der Waals surface area contributed by atoms with E-state index in [9.17, 15) is 14.4 Å². The molecule has 4 aromatic heterocycles. The Labute approximate surface area is 366 Å². The molecule has 328 valence electrons. The first kappa shape index (κ1) is 40.0. The zero-order chi connectivity index (χ0) is 44.3. The Morgan fingerprint density at radius 1 is 0.906 bits per heavy atom. The van der Waals surface area contributed by atoms with E-state index in [1.807, 2.05) is 40.7 Å². The fraction of sp³-hybridized carbons (Fsp3) is 0.375. The summed E-state index contributed by atoms with van der Waals surface area (Å²) in [5, 5.41) is 10.2. The van der Waals surface area contributed by atoms with Crippen LogP contribution in [0.2, 0.25) is 0 Å². The Morgan fingerprint density at radius 3 is 2.38 bits per heavy atom. The van der Waals surface area contributed by atoms with Crippen LogP contribution in [0.1, 0.15) is 101 Å². The number of aryl methyl sites for hydroxylation is 3. The van der Waals surface area contributed by atoms with Crippen LogP contribution < -0.4 is 16.3 Å². The lowest BCUT2D eigenvalue weighted by molar-refractivity contribution is -0.118. The van der Waals surface area contributed by atoms with Crippen molar-refractivity contribution in [2.45, 2.75) is 83.7 Å². The van der Waals surface area contributed by atoms with E-state index in [2.05, 4.69) is 35.3 Å². The maximum Gasteiger partial charge on any atom is 0.438 e. The Balaban J connectivity index is 1.05. The molecule has 1 saturated heterocycles. The third-order valence-electron chi connectivity index (χ3n) is 14.3. The van der Waals surface area contributed by atoms with Crippen LogP contribution in [-0.4, -0.2) is 77.1 Å². The molecule has 1 saturated carbocycles. The number of hydrogen-bond acceptors (Lipinski definition) is 8. The van der Waals surface area contributed by atoms with Crippen molar-refractivity contribution >= 4 is 28.4 Å². The normalized spacial score (nSPS) is 21.1. The predicted octanol–water partition coefficient (Wildman–Crippen LogP) is 6.55. The minimum Gasteiger partial charge on any atom is -0.381 e. The quantitative estimate of drug-likeness (QED) is 0.189. The van der Waals surface area contributed by atoms with Gasteiger partial charge >= 0.3 is 11.4 Å². The summed E-state index contributed by atoms with van der Waals surface area (Å²) in [5.74, 6) is 0.0314. The second-order valence-corrected chi connectivity index (χ2v) is 18.0. The number of nitrogens with one attached hydrogen (secondary N) is 1. The van der Waals surface area contributed by atoms with Gasteiger partial charge in [0.15, 0.2) is 5.82 Å². The number of fused-ring (bicyclic) bond motifs is 3. The first-order valence-corrected chi connectivity index (χ1v) is 22.0. The molecule has 2 fully saturated rings. The number of hydrogen-bond donors (Lipinski definition) is 1. The average Bonchev–Trinajstić information content (AvgIpc) is 3.79. The molecule has 3 atom stereocenters. The van der Waals surface area contributed by atoms with Gasteiger partial charge in [0.1, 0.15) is 22.9 Å².